The van der Waals surface area contributed by atoms with Gasteiger partial charge in [0.2, 0.25) is 0 Å². The van der Waals surface area contributed by atoms with E-state index in [1.807, 2.05) is 0 Å². The van der Waals surface area contributed by atoms with Crippen LogP contribution in [-0.2, 0) is 11.3 Å². The Morgan fingerprint density at radius 1 is 1.16 bits per heavy atom. The Balaban J connectivity index is 1.56. The van der Waals surface area contributed by atoms with Gasteiger partial charge in [-0.15, -0.1) is 0 Å². The van der Waals surface area contributed by atoms with Crippen molar-refractivity contribution in [1.82, 2.24) is 10.6 Å². The molecule has 0 aromatic heterocycles. The van der Waals surface area contributed by atoms with Crippen molar-refractivity contribution in [2.75, 3.05) is 26.3 Å². The molecule has 0 saturated carbocycles. The van der Waals surface area contributed by atoms with Crippen molar-refractivity contribution in [1.29, 1.82) is 0 Å². The zero-order valence-electron chi connectivity index (χ0n) is 11.1. The summed E-state index contributed by atoms with van der Waals surface area (Å²) in [6.07, 6.45) is 0. The van der Waals surface area contributed by atoms with Crippen LogP contribution in [0.4, 0.5) is 0 Å². The molecular formula is C16H20N2O. The van der Waals surface area contributed by atoms with Gasteiger partial charge in [0.25, 0.3) is 0 Å². The average molecular weight is 256 g/mol. The molecule has 0 bridgehead atoms. The van der Waals surface area contributed by atoms with Crippen molar-refractivity contribution in [3.05, 3.63) is 48.0 Å². The molecule has 3 rings (SSSR count). The van der Waals surface area contributed by atoms with Crippen LogP contribution >= 0.6 is 0 Å². The van der Waals surface area contributed by atoms with Crippen molar-refractivity contribution >= 4 is 10.8 Å². The van der Waals surface area contributed by atoms with Gasteiger partial charge in [-0.3, -0.25) is 0 Å². The topological polar surface area (TPSA) is 33.3 Å². The normalized spacial score (nSPS) is 19.7. The second-order valence-corrected chi connectivity index (χ2v) is 5.04. The maximum Gasteiger partial charge on any atom is 0.0632 e. The average Bonchev–Trinajstić information content (AvgIpc) is 2.48. The summed E-state index contributed by atoms with van der Waals surface area (Å²) in [5.41, 5.74) is 1.33. The van der Waals surface area contributed by atoms with Crippen molar-refractivity contribution in [2.45, 2.75) is 12.6 Å². The molecule has 2 N–H and O–H groups in total. The Hall–Kier alpha value is -1.42. The molecule has 2 aromatic rings. The quantitative estimate of drug-likeness (QED) is 0.877. The first-order valence-electron chi connectivity index (χ1n) is 6.91. The van der Waals surface area contributed by atoms with Gasteiger partial charge in [-0.25, -0.2) is 0 Å². The van der Waals surface area contributed by atoms with Crippen LogP contribution in [0.5, 0.6) is 0 Å². The van der Waals surface area contributed by atoms with Crippen LogP contribution in [0.2, 0.25) is 0 Å². The van der Waals surface area contributed by atoms with E-state index in [1.165, 1.54) is 16.3 Å². The van der Waals surface area contributed by atoms with E-state index in [0.717, 1.165) is 32.8 Å². The molecule has 1 aliphatic heterocycles. The van der Waals surface area contributed by atoms with Crippen LogP contribution in [0.15, 0.2) is 42.5 Å². The van der Waals surface area contributed by atoms with Gasteiger partial charge < -0.3 is 15.4 Å². The molecule has 1 atom stereocenters. The fourth-order valence-corrected chi connectivity index (χ4v) is 2.49. The molecule has 100 valence electrons. The van der Waals surface area contributed by atoms with Gasteiger partial charge in [0.1, 0.15) is 0 Å². The molecule has 3 nitrogen and oxygen atoms in total. The lowest BCUT2D eigenvalue weighted by atomic mass is 10.1. The molecule has 0 radical (unpaired) electrons. The van der Waals surface area contributed by atoms with Crippen LogP contribution in [0.1, 0.15) is 5.56 Å². The van der Waals surface area contributed by atoms with E-state index < -0.39 is 0 Å². The molecule has 1 aliphatic rings. The van der Waals surface area contributed by atoms with Gasteiger partial charge in [0, 0.05) is 25.7 Å². The smallest absolute Gasteiger partial charge is 0.0632 e. The third-order valence-electron chi connectivity index (χ3n) is 3.53. The van der Waals surface area contributed by atoms with Crippen LogP contribution in [0, 0.1) is 0 Å². The summed E-state index contributed by atoms with van der Waals surface area (Å²) < 4.78 is 5.44. The monoisotopic (exact) mass is 256 g/mol. The Kier molecular flexibility index (Phi) is 4.08. The Morgan fingerprint density at radius 2 is 2.05 bits per heavy atom. The molecular weight excluding hydrogens is 236 g/mol. The number of hydrogen-bond donors (Lipinski definition) is 2. The number of benzene rings is 2. The summed E-state index contributed by atoms with van der Waals surface area (Å²) in [5, 5.41) is 9.55. The molecule has 0 spiro atoms. The first-order valence-corrected chi connectivity index (χ1v) is 6.91. The molecule has 1 saturated heterocycles. The number of ether oxygens (including phenoxy) is 1. The minimum atomic E-state index is 0.439. The first kappa shape index (κ1) is 12.6. The fourth-order valence-electron chi connectivity index (χ4n) is 2.49. The van der Waals surface area contributed by atoms with E-state index in [9.17, 15) is 0 Å². The summed E-state index contributed by atoms with van der Waals surface area (Å²) >= 11 is 0. The number of hydrogen-bond acceptors (Lipinski definition) is 3. The predicted molar refractivity (Wildman–Crippen MR) is 78.3 cm³/mol. The third-order valence-corrected chi connectivity index (χ3v) is 3.53. The molecule has 2 aromatic carbocycles. The summed E-state index contributed by atoms with van der Waals surface area (Å²) in [6.45, 7) is 4.46. The molecule has 1 fully saturated rings. The molecule has 1 unspecified atom stereocenters. The van der Waals surface area contributed by atoms with E-state index in [1.54, 1.807) is 0 Å². The molecule has 1 heterocycles. The van der Waals surface area contributed by atoms with Crippen LogP contribution in [-0.4, -0.2) is 32.3 Å². The standard InChI is InChI=1S/C16H20N2O/c1-2-4-15-9-13(5-6-14(15)3-1)10-17-11-16-12-19-8-7-18-16/h1-6,9,16-18H,7-8,10-12H2. The van der Waals surface area contributed by atoms with Gasteiger partial charge in [-0.1, -0.05) is 36.4 Å². The van der Waals surface area contributed by atoms with Gasteiger partial charge in [0.05, 0.1) is 13.2 Å². The van der Waals surface area contributed by atoms with Crippen molar-refractivity contribution in [3.8, 4) is 0 Å². The lowest BCUT2D eigenvalue weighted by Crippen LogP contribution is -2.47. The second kappa shape index (κ2) is 6.15. The largest absolute Gasteiger partial charge is 0.378 e. The zero-order valence-corrected chi connectivity index (χ0v) is 11.1. The SMILES string of the molecule is c1ccc2cc(CNCC3COCCN3)ccc2c1. The highest BCUT2D eigenvalue weighted by Gasteiger charge is 2.11. The predicted octanol–water partition coefficient (Wildman–Crippen LogP) is 1.92. The van der Waals surface area contributed by atoms with Crippen molar-refractivity contribution in [2.24, 2.45) is 0 Å². The van der Waals surface area contributed by atoms with Crippen LogP contribution < -0.4 is 10.6 Å². The Morgan fingerprint density at radius 3 is 2.89 bits per heavy atom. The van der Waals surface area contributed by atoms with E-state index >= 15 is 0 Å². The highest BCUT2D eigenvalue weighted by molar-refractivity contribution is 5.82. The van der Waals surface area contributed by atoms with Gasteiger partial charge >= 0.3 is 0 Å². The summed E-state index contributed by atoms with van der Waals surface area (Å²) in [7, 11) is 0. The summed E-state index contributed by atoms with van der Waals surface area (Å²) in [6, 6.07) is 15.6. The van der Waals surface area contributed by atoms with E-state index in [4.69, 9.17) is 4.74 Å². The van der Waals surface area contributed by atoms with E-state index in [-0.39, 0.29) is 0 Å². The van der Waals surface area contributed by atoms with Crippen molar-refractivity contribution in [3.63, 3.8) is 0 Å². The van der Waals surface area contributed by atoms with Gasteiger partial charge in [-0.2, -0.15) is 0 Å². The third kappa shape index (κ3) is 3.32. The minimum absolute atomic E-state index is 0.439. The number of fused-ring (bicyclic) bond motifs is 1. The zero-order chi connectivity index (χ0) is 12.9. The van der Waals surface area contributed by atoms with E-state index in [0.29, 0.717) is 6.04 Å². The summed E-state index contributed by atoms with van der Waals surface area (Å²) in [4.78, 5) is 0. The number of morpholine rings is 1. The minimum Gasteiger partial charge on any atom is -0.378 e. The first-order chi connectivity index (χ1) is 9.42. The molecule has 19 heavy (non-hydrogen) atoms. The number of rotatable bonds is 4. The Bertz CT molecular complexity index is 535. The van der Waals surface area contributed by atoms with Gasteiger partial charge in [-0.05, 0) is 22.4 Å². The molecule has 0 amide bonds. The fraction of sp³-hybridized carbons (Fsp3) is 0.375. The van der Waals surface area contributed by atoms with Crippen LogP contribution in [0.25, 0.3) is 10.8 Å². The molecule has 3 heteroatoms. The lowest BCUT2D eigenvalue weighted by Gasteiger charge is -2.24. The van der Waals surface area contributed by atoms with Crippen molar-refractivity contribution < 1.29 is 4.74 Å². The van der Waals surface area contributed by atoms with Crippen LogP contribution in [0.3, 0.4) is 0 Å². The highest BCUT2D eigenvalue weighted by atomic mass is 16.5. The maximum absolute atomic E-state index is 5.44. The maximum atomic E-state index is 5.44. The van der Waals surface area contributed by atoms with Gasteiger partial charge in [0.15, 0.2) is 0 Å². The lowest BCUT2D eigenvalue weighted by molar-refractivity contribution is 0.0766. The summed E-state index contributed by atoms with van der Waals surface area (Å²) in [5.74, 6) is 0. The highest BCUT2D eigenvalue weighted by Crippen LogP contribution is 2.15. The number of nitrogens with one attached hydrogen (secondary N) is 2. The van der Waals surface area contributed by atoms with E-state index in [2.05, 4.69) is 53.1 Å². The second-order valence-electron chi connectivity index (χ2n) is 5.04. The Labute approximate surface area is 114 Å². The molecule has 0 aliphatic carbocycles.